The van der Waals surface area contributed by atoms with E-state index in [1.165, 1.54) is 17.0 Å². The molecule has 1 N–H and O–H groups in total. The Hall–Kier alpha value is -1.32. The van der Waals surface area contributed by atoms with Gasteiger partial charge in [-0.3, -0.25) is 4.90 Å². The van der Waals surface area contributed by atoms with Crippen LogP contribution in [0.25, 0.3) is 0 Å². The fourth-order valence-corrected chi connectivity index (χ4v) is 2.33. The maximum Gasteiger partial charge on any atom is 0.416 e. The third kappa shape index (κ3) is 4.82. The van der Waals surface area contributed by atoms with E-state index in [9.17, 15) is 26.3 Å². The average molecular weight is 343 g/mol. The third-order valence-corrected chi connectivity index (χ3v) is 3.55. The normalized spacial score (nSPS) is 22.1. The fraction of sp³-hybridized carbons (Fsp3) is 0.571. The predicted molar refractivity (Wildman–Crippen MR) is 68.6 cm³/mol. The molecule has 1 aromatic carbocycles. The Bertz CT molecular complexity index is 531. The van der Waals surface area contributed by atoms with Gasteiger partial charge in [0, 0.05) is 19.6 Å². The summed E-state index contributed by atoms with van der Waals surface area (Å²) in [5.74, 6) is 0. The summed E-state index contributed by atoms with van der Waals surface area (Å²) in [4.78, 5) is 1.33. The smallest absolute Gasteiger partial charge is 0.382 e. The van der Waals surface area contributed by atoms with Crippen LogP contribution in [0.3, 0.4) is 0 Å². The Morgan fingerprint density at radius 1 is 1.22 bits per heavy atom. The quantitative estimate of drug-likeness (QED) is 0.857. The van der Waals surface area contributed by atoms with Gasteiger partial charge in [0.1, 0.15) is 0 Å². The molecule has 0 aliphatic carbocycles. The van der Waals surface area contributed by atoms with Gasteiger partial charge in [0.15, 0.2) is 6.10 Å². The number of nitrogens with zero attached hydrogens (tertiary/aromatic N) is 1. The van der Waals surface area contributed by atoms with Gasteiger partial charge in [-0.2, -0.15) is 26.3 Å². The third-order valence-electron chi connectivity index (χ3n) is 3.55. The molecule has 1 fully saturated rings. The van der Waals surface area contributed by atoms with Crippen molar-refractivity contribution in [1.29, 1.82) is 0 Å². The van der Waals surface area contributed by atoms with E-state index in [4.69, 9.17) is 9.84 Å². The van der Waals surface area contributed by atoms with E-state index in [1.54, 1.807) is 0 Å². The van der Waals surface area contributed by atoms with E-state index in [0.29, 0.717) is 0 Å². The number of alkyl halides is 6. The first-order chi connectivity index (χ1) is 10.6. The first-order valence-corrected chi connectivity index (χ1v) is 6.83. The molecule has 0 radical (unpaired) electrons. The van der Waals surface area contributed by atoms with Crippen LogP contribution in [0, 0.1) is 0 Å². The van der Waals surface area contributed by atoms with Crippen LogP contribution in [0.5, 0.6) is 0 Å². The highest BCUT2D eigenvalue weighted by molar-refractivity contribution is 5.27. The average Bonchev–Trinajstić information content (AvgIpc) is 2.46. The molecule has 2 atom stereocenters. The second kappa shape index (κ2) is 6.66. The minimum Gasteiger partial charge on any atom is -0.382 e. The highest BCUT2D eigenvalue weighted by atomic mass is 19.4. The van der Waals surface area contributed by atoms with Gasteiger partial charge < -0.3 is 9.84 Å². The second-order valence-electron chi connectivity index (χ2n) is 5.30. The molecule has 1 saturated heterocycles. The molecule has 0 amide bonds. The van der Waals surface area contributed by atoms with E-state index < -0.39 is 36.7 Å². The van der Waals surface area contributed by atoms with Crippen LogP contribution in [0.1, 0.15) is 17.2 Å². The lowest BCUT2D eigenvalue weighted by atomic mass is 10.0. The molecule has 1 aliphatic rings. The van der Waals surface area contributed by atoms with Gasteiger partial charge in [0.05, 0.1) is 18.3 Å². The number of halogens is 6. The number of β-amino-alcohol motifs (C(OH)–C–C–N with tert-alkyl or cyclic N) is 1. The number of ether oxygens (including phenoxy) is 1. The Kier molecular flexibility index (Phi) is 5.22. The number of aliphatic hydroxyl groups excluding tert-OH is 1. The van der Waals surface area contributed by atoms with Gasteiger partial charge in [-0.25, -0.2) is 0 Å². The van der Waals surface area contributed by atoms with Gasteiger partial charge in [0.25, 0.3) is 0 Å². The van der Waals surface area contributed by atoms with Crippen molar-refractivity contribution in [3.63, 3.8) is 0 Å². The summed E-state index contributed by atoms with van der Waals surface area (Å²) in [6.45, 7) is -0.412. The van der Waals surface area contributed by atoms with E-state index >= 15 is 0 Å². The van der Waals surface area contributed by atoms with Crippen LogP contribution in [-0.2, 0) is 10.9 Å². The van der Waals surface area contributed by atoms with Crippen molar-refractivity contribution in [1.82, 2.24) is 4.90 Å². The van der Waals surface area contributed by atoms with Crippen molar-refractivity contribution in [2.45, 2.75) is 24.6 Å². The number of hydrogen-bond donors (Lipinski definition) is 1. The number of hydrogen-bond acceptors (Lipinski definition) is 3. The standard InChI is InChI=1S/C14H15F6NO2/c15-13(16,17)10-3-1-2-9(6-10)11-7-21(4-5-23-11)8-12(22)14(18,19)20/h1-3,6,11-12,22H,4-5,7-8H2/t11?,12-/m0/s1. The van der Waals surface area contributed by atoms with Crippen LogP contribution >= 0.6 is 0 Å². The lowest BCUT2D eigenvalue weighted by molar-refractivity contribution is -0.211. The molecule has 0 saturated carbocycles. The van der Waals surface area contributed by atoms with Crippen LogP contribution < -0.4 is 0 Å². The van der Waals surface area contributed by atoms with Crippen molar-refractivity contribution in [3.8, 4) is 0 Å². The first-order valence-electron chi connectivity index (χ1n) is 6.83. The van der Waals surface area contributed by atoms with E-state index in [2.05, 4.69) is 0 Å². The topological polar surface area (TPSA) is 32.7 Å². The number of benzene rings is 1. The number of morpholine rings is 1. The van der Waals surface area contributed by atoms with Crippen molar-refractivity contribution >= 4 is 0 Å². The van der Waals surface area contributed by atoms with E-state index in [-0.39, 0.29) is 25.3 Å². The molecule has 0 spiro atoms. The fourth-order valence-electron chi connectivity index (χ4n) is 2.33. The SMILES string of the molecule is O[C@@H](CN1CCOC(c2cccc(C(F)(F)F)c2)C1)C(F)(F)F. The van der Waals surface area contributed by atoms with E-state index in [0.717, 1.165) is 12.1 Å². The molecular weight excluding hydrogens is 328 g/mol. The Balaban J connectivity index is 2.07. The molecule has 1 heterocycles. The van der Waals surface area contributed by atoms with Crippen LogP contribution in [0.4, 0.5) is 26.3 Å². The Morgan fingerprint density at radius 3 is 2.52 bits per heavy atom. The summed E-state index contributed by atoms with van der Waals surface area (Å²) < 4.78 is 80.6. The minimum absolute atomic E-state index is 0.0194. The summed E-state index contributed by atoms with van der Waals surface area (Å²) in [6, 6.07) is 4.50. The van der Waals surface area contributed by atoms with Crippen LogP contribution in [-0.4, -0.2) is 48.5 Å². The van der Waals surface area contributed by atoms with Crippen molar-refractivity contribution in [2.75, 3.05) is 26.2 Å². The molecule has 1 aromatic rings. The maximum absolute atomic E-state index is 12.7. The van der Waals surface area contributed by atoms with Crippen LogP contribution in [0.15, 0.2) is 24.3 Å². The molecule has 0 aromatic heterocycles. The lowest BCUT2D eigenvalue weighted by Gasteiger charge is -2.34. The Labute approximate surface area is 128 Å². The molecule has 1 unspecified atom stereocenters. The lowest BCUT2D eigenvalue weighted by Crippen LogP contribution is -2.46. The molecule has 1 aliphatic heterocycles. The summed E-state index contributed by atoms with van der Waals surface area (Å²) in [6.07, 6.45) is -12.5. The highest BCUT2D eigenvalue weighted by Gasteiger charge is 2.40. The van der Waals surface area contributed by atoms with E-state index in [1.807, 2.05) is 0 Å². The van der Waals surface area contributed by atoms with Crippen molar-refractivity contribution in [3.05, 3.63) is 35.4 Å². The van der Waals surface area contributed by atoms with Gasteiger partial charge in [0.2, 0.25) is 0 Å². The maximum atomic E-state index is 12.7. The summed E-state index contributed by atoms with van der Waals surface area (Å²) in [5, 5.41) is 9.09. The van der Waals surface area contributed by atoms with Crippen molar-refractivity contribution in [2.24, 2.45) is 0 Å². The zero-order chi connectivity index (χ0) is 17.3. The molecule has 23 heavy (non-hydrogen) atoms. The predicted octanol–water partition coefficient (Wildman–Crippen LogP) is 3.00. The monoisotopic (exact) mass is 343 g/mol. The minimum atomic E-state index is -4.73. The molecule has 3 nitrogen and oxygen atoms in total. The van der Waals surface area contributed by atoms with Gasteiger partial charge in [-0.05, 0) is 17.7 Å². The molecule has 130 valence electrons. The van der Waals surface area contributed by atoms with Crippen molar-refractivity contribution < 1.29 is 36.2 Å². The van der Waals surface area contributed by atoms with Gasteiger partial charge >= 0.3 is 12.4 Å². The highest BCUT2D eigenvalue weighted by Crippen LogP contribution is 2.32. The molecule has 0 bridgehead atoms. The molecular formula is C14H15F6NO2. The number of aliphatic hydroxyl groups is 1. The largest absolute Gasteiger partial charge is 0.416 e. The van der Waals surface area contributed by atoms with Gasteiger partial charge in [-0.15, -0.1) is 0 Å². The first kappa shape index (κ1) is 18.0. The molecule has 2 rings (SSSR count). The zero-order valence-corrected chi connectivity index (χ0v) is 11.9. The zero-order valence-electron chi connectivity index (χ0n) is 11.9. The molecule has 9 heteroatoms. The summed E-state index contributed by atoms with van der Waals surface area (Å²) in [7, 11) is 0. The Morgan fingerprint density at radius 2 is 1.91 bits per heavy atom. The van der Waals surface area contributed by atoms with Gasteiger partial charge in [-0.1, -0.05) is 12.1 Å². The number of rotatable bonds is 3. The summed E-state index contributed by atoms with van der Waals surface area (Å²) >= 11 is 0. The second-order valence-corrected chi connectivity index (χ2v) is 5.30. The van der Waals surface area contributed by atoms with Crippen LogP contribution in [0.2, 0.25) is 0 Å². The summed E-state index contributed by atoms with van der Waals surface area (Å²) in [5.41, 5.74) is -0.600.